The van der Waals surface area contributed by atoms with Crippen molar-refractivity contribution >= 4 is 22.4 Å². The highest BCUT2D eigenvalue weighted by molar-refractivity contribution is 5.97. The van der Waals surface area contributed by atoms with E-state index < -0.39 is 0 Å². The summed E-state index contributed by atoms with van der Waals surface area (Å²) in [6.07, 6.45) is 8.86. The Bertz CT molecular complexity index is 799. The quantitative estimate of drug-likeness (QED) is 0.210. The van der Waals surface area contributed by atoms with E-state index in [2.05, 4.69) is 6.92 Å². The van der Waals surface area contributed by atoms with Gasteiger partial charge in [-0.2, -0.15) is 0 Å². The number of benzene rings is 2. The fraction of sp³-hybridized carbons (Fsp3) is 0.542. The van der Waals surface area contributed by atoms with E-state index in [4.69, 9.17) is 9.47 Å². The van der Waals surface area contributed by atoms with Crippen molar-refractivity contribution in [1.82, 2.24) is 4.65 Å². The zero-order valence-electron chi connectivity index (χ0n) is 17.5. The second-order valence-electron chi connectivity index (χ2n) is 7.95. The molecule has 1 aliphatic heterocycles. The number of nitrogens with zero attached hydrogens (tertiary/aromatic N) is 1. The first-order valence-corrected chi connectivity index (χ1v) is 11.0. The average Bonchev–Trinajstić information content (AvgIpc) is 3.18. The van der Waals surface area contributed by atoms with E-state index in [1.54, 1.807) is 0 Å². The normalized spacial score (nSPS) is 15.5. The van der Waals surface area contributed by atoms with Crippen LogP contribution in [0.2, 0.25) is 0 Å². The van der Waals surface area contributed by atoms with Gasteiger partial charge < -0.3 is 19.3 Å². The van der Waals surface area contributed by atoms with Gasteiger partial charge in [-0.05, 0) is 18.6 Å². The average molecular weight is 400 g/mol. The molecule has 1 fully saturated rings. The maximum atomic E-state index is 13.1. The van der Waals surface area contributed by atoms with E-state index in [-0.39, 0.29) is 17.2 Å². The van der Waals surface area contributed by atoms with Crippen LogP contribution in [0.4, 0.5) is 5.69 Å². The highest BCUT2D eigenvalue weighted by atomic mass is 16.6. The minimum atomic E-state index is -0.349. The van der Waals surface area contributed by atoms with Crippen LogP contribution in [0.15, 0.2) is 36.4 Å². The Labute approximate surface area is 173 Å². The minimum absolute atomic E-state index is 0.115. The molecule has 5 nitrogen and oxygen atoms in total. The summed E-state index contributed by atoms with van der Waals surface area (Å²) in [6.45, 7) is 3.77. The molecule has 0 aromatic heterocycles. The smallest absolute Gasteiger partial charge is 0.344 e. The van der Waals surface area contributed by atoms with Crippen LogP contribution in [0.1, 0.15) is 58.3 Å². The minimum Gasteiger partial charge on any atom is -0.627 e. The van der Waals surface area contributed by atoms with Gasteiger partial charge in [0.05, 0.1) is 19.7 Å². The summed E-state index contributed by atoms with van der Waals surface area (Å²) in [5.74, 6) is 0.269. The summed E-state index contributed by atoms with van der Waals surface area (Å²) in [6, 6.07) is 11.4. The van der Waals surface area contributed by atoms with Gasteiger partial charge >= 0.3 is 5.97 Å². The predicted molar refractivity (Wildman–Crippen MR) is 118 cm³/mol. The maximum absolute atomic E-state index is 13.1. The van der Waals surface area contributed by atoms with Crippen molar-refractivity contribution < 1.29 is 14.3 Å². The third-order valence-corrected chi connectivity index (χ3v) is 5.70. The second-order valence-corrected chi connectivity index (χ2v) is 7.95. The standard InChI is InChI=1S/C24H33NO4/c1-2-3-4-5-6-11-18-28-24(26)19-29-23-15-14-22(25(27)16-9-10-17-25)20-12-7-8-13-21(20)23/h7-8,12-15H,2-6,9-11,16-19H2,1H3. The molecule has 0 N–H and O–H groups in total. The van der Waals surface area contributed by atoms with E-state index in [1.807, 2.05) is 36.4 Å². The number of carbonyl (C=O) groups excluding carboxylic acids is 1. The first-order chi connectivity index (χ1) is 14.1. The molecule has 0 bridgehead atoms. The van der Waals surface area contributed by atoms with Gasteiger partial charge in [-0.1, -0.05) is 57.2 Å². The maximum Gasteiger partial charge on any atom is 0.344 e. The van der Waals surface area contributed by atoms with E-state index in [1.165, 1.54) is 25.7 Å². The number of hydrogen-bond acceptors (Lipinski definition) is 4. The Hall–Kier alpha value is -2.11. The van der Waals surface area contributed by atoms with Gasteiger partial charge in [0.2, 0.25) is 0 Å². The van der Waals surface area contributed by atoms with Crippen molar-refractivity contribution in [2.24, 2.45) is 0 Å². The number of esters is 1. The van der Waals surface area contributed by atoms with Crippen LogP contribution in [0.3, 0.4) is 0 Å². The lowest BCUT2D eigenvalue weighted by atomic mass is 10.1. The molecule has 0 unspecified atom stereocenters. The molecule has 0 saturated carbocycles. The number of carbonyl (C=O) groups is 1. The van der Waals surface area contributed by atoms with Gasteiger partial charge in [0.25, 0.3) is 0 Å². The third kappa shape index (κ3) is 5.71. The molecular weight excluding hydrogens is 366 g/mol. The zero-order valence-corrected chi connectivity index (χ0v) is 17.5. The molecule has 1 heterocycles. The molecule has 1 aliphatic rings. The summed E-state index contributed by atoms with van der Waals surface area (Å²) >= 11 is 0. The summed E-state index contributed by atoms with van der Waals surface area (Å²) in [4.78, 5) is 12.0. The SMILES string of the molecule is CCCCCCCCOC(=O)COc1ccc([N+]2([O-])CCCC2)c2ccccc12. The van der Waals surface area contributed by atoms with Gasteiger partial charge in [0.15, 0.2) is 6.61 Å². The van der Waals surface area contributed by atoms with Gasteiger partial charge in [0.1, 0.15) is 11.4 Å². The molecule has 0 spiro atoms. The fourth-order valence-corrected chi connectivity index (χ4v) is 4.07. The lowest BCUT2D eigenvalue weighted by Crippen LogP contribution is -2.39. The molecule has 3 rings (SSSR count). The molecule has 158 valence electrons. The van der Waals surface area contributed by atoms with Crippen molar-refractivity contribution in [3.8, 4) is 5.75 Å². The predicted octanol–water partition coefficient (Wildman–Crippen LogP) is 5.72. The fourth-order valence-electron chi connectivity index (χ4n) is 4.07. The highest BCUT2D eigenvalue weighted by Crippen LogP contribution is 2.38. The Morgan fingerprint density at radius 2 is 1.66 bits per heavy atom. The number of fused-ring (bicyclic) bond motifs is 1. The van der Waals surface area contributed by atoms with Crippen LogP contribution >= 0.6 is 0 Å². The molecular formula is C24H33NO4. The highest BCUT2D eigenvalue weighted by Gasteiger charge is 2.28. The van der Waals surface area contributed by atoms with Crippen LogP contribution in [0.25, 0.3) is 10.8 Å². The first kappa shape index (κ1) is 21.6. The lowest BCUT2D eigenvalue weighted by Gasteiger charge is -2.38. The molecule has 0 amide bonds. The second kappa shape index (κ2) is 10.6. The number of quaternary nitrogens is 1. The zero-order chi connectivity index (χ0) is 20.5. The van der Waals surface area contributed by atoms with Gasteiger partial charge in [-0.15, -0.1) is 0 Å². The lowest BCUT2D eigenvalue weighted by molar-refractivity contribution is -0.146. The monoisotopic (exact) mass is 399 g/mol. The number of hydroxylamine groups is 2. The molecule has 29 heavy (non-hydrogen) atoms. The Kier molecular flexibility index (Phi) is 7.90. The molecule has 0 aliphatic carbocycles. The van der Waals surface area contributed by atoms with Gasteiger partial charge in [-0.25, -0.2) is 4.79 Å². The molecule has 2 aromatic carbocycles. The molecule has 0 radical (unpaired) electrons. The Morgan fingerprint density at radius 3 is 2.41 bits per heavy atom. The van der Waals surface area contributed by atoms with Crippen LogP contribution in [-0.4, -0.2) is 32.3 Å². The molecule has 5 heteroatoms. The summed E-state index contributed by atoms with van der Waals surface area (Å²) in [5, 5.41) is 14.9. The van der Waals surface area contributed by atoms with Crippen molar-refractivity contribution in [2.45, 2.75) is 58.3 Å². The summed E-state index contributed by atoms with van der Waals surface area (Å²) in [5.41, 5.74) is 0.788. The number of hydrogen-bond donors (Lipinski definition) is 0. The van der Waals surface area contributed by atoms with E-state index >= 15 is 0 Å². The van der Waals surface area contributed by atoms with E-state index in [0.29, 0.717) is 25.4 Å². The summed E-state index contributed by atoms with van der Waals surface area (Å²) in [7, 11) is 0. The third-order valence-electron chi connectivity index (χ3n) is 5.70. The van der Waals surface area contributed by atoms with Crippen molar-refractivity contribution in [3.05, 3.63) is 41.6 Å². The molecule has 1 saturated heterocycles. The van der Waals surface area contributed by atoms with Crippen LogP contribution in [-0.2, 0) is 9.53 Å². The topological polar surface area (TPSA) is 58.6 Å². The van der Waals surface area contributed by atoms with Crippen molar-refractivity contribution in [3.63, 3.8) is 0 Å². The molecule has 0 atom stereocenters. The van der Waals surface area contributed by atoms with Gasteiger partial charge in [-0.3, -0.25) is 0 Å². The van der Waals surface area contributed by atoms with E-state index in [0.717, 1.165) is 42.1 Å². The van der Waals surface area contributed by atoms with Crippen molar-refractivity contribution in [1.29, 1.82) is 0 Å². The summed E-state index contributed by atoms with van der Waals surface area (Å²) < 4.78 is 10.8. The van der Waals surface area contributed by atoms with Crippen LogP contribution in [0.5, 0.6) is 5.75 Å². The number of unbranched alkanes of at least 4 members (excludes halogenated alkanes) is 5. The first-order valence-electron chi connectivity index (χ1n) is 11.0. The van der Waals surface area contributed by atoms with Crippen molar-refractivity contribution in [2.75, 3.05) is 26.3 Å². The molecule has 2 aromatic rings. The van der Waals surface area contributed by atoms with Gasteiger partial charge in [0, 0.05) is 29.7 Å². The van der Waals surface area contributed by atoms with E-state index in [9.17, 15) is 10.0 Å². The Morgan fingerprint density at radius 1 is 0.966 bits per heavy atom. The van der Waals surface area contributed by atoms with Crippen LogP contribution in [0, 0.1) is 5.21 Å². The van der Waals surface area contributed by atoms with Crippen LogP contribution < -0.4 is 9.38 Å². The largest absolute Gasteiger partial charge is 0.627 e. The number of rotatable bonds is 11. The Balaban J connectivity index is 1.55. The number of ether oxygens (including phenoxy) is 2.